The number of pyridine rings is 1. The van der Waals surface area contributed by atoms with Crippen molar-refractivity contribution in [3.05, 3.63) is 65.1 Å². The lowest BCUT2D eigenvalue weighted by Crippen LogP contribution is -2.30. The first-order chi connectivity index (χ1) is 16.6. The van der Waals surface area contributed by atoms with Crippen molar-refractivity contribution >= 4 is 34.0 Å². The highest BCUT2D eigenvalue weighted by Crippen LogP contribution is 2.38. The topological polar surface area (TPSA) is 118 Å². The molecule has 184 valence electrons. The van der Waals surface area contributed by atoms with Gasteiger partial charge in [0.15, 0.2) is 0 Å². The summed E-state index contributed by atoms with van der Waals surface area (Å²) in [6.45, 7) is 4.25. The molecule has 10 heteroatoms. The number of thiophene rings is 1. The number of aliphatic hydroxyl groups is 1. The van der Waals surface area contributed by atoms with Gasteiger partial charge in [0.1, 0.15) is 22.3 Å². The van der Waals surface area contributed by atoms with E-state index in [0.717, 1.165) is 17.8 Å². The summed E-state index contributed by atoms with van der Waals surface area (Å²) >= 11 is 1.14. The molecule has 2 aromatic heterocycles. The number of carbonyl (C=O) groups is 2. The number of aromatic nitrogens is 1. The van der Waals surface area contributed by atoms with E-state index < -0.39 is 17.3 Å². The molecule has 1 saturated heterocycles. The highest BCUT2D eigenvalue weighted by atomic mass is 32.1. The SMILES string of the molecule is CO[C@@H]1CCN(C(=O)c2cccc(Nc3sc(-c4ccc(C(C)(C)O)cc4F)cc3C(N)=O)n2)C1. The molecule has 3 heterocycles. The van der Waals surface area contributed by atoms with Crippen LogP contribution in [-0.2, 0) is 10.3 Å². The molecule has 4 rings (SSSR count). The van der Waals surface area contributed by atoms with Gasteiger partial charge in [-0.15, -0.1) is 11.3 Å². The lowest BCUT2D eigenvalue weighted by Gasteiger charge is -2.18. The number of ether oxygens (including phenoxy) is 1. The third-order valence-electron chi connectivity index (χ3n) is 5.91. The van der Waals surface area contributed by atoms with Crippen LogP contribution in [0.1, 0.15) is 46.7 Å². The van der Waals surface area contributed by atoms with E-state index in [9.17, 15) is 19.1 Å². The maximum absolute atomic E-state index is 14.9. The van der Waals surface area contributed by atoms with E-state index in [0.29, 0.717) is 34.3 Å². The average Bonchev–Trinajstić information content (AvgIpc) is 3.45. The zero-order valence-corrected chi connectivity index (χ0v) is 20.5. The first-order valence-corrected chi connectivity index (χ1v) is 11.9. The van der Waals surface area contributed by atoms with Crippen molar-refractivity contribution in [3.63, 3.8) is 0 Å². The molecular formula is C25H27FN4O4S. The number of methoxy groups -OCH3 is 1. The molecule has 3 aromatic rings. The molecule has 4 N–H and O–H groups in total. The van der Waals surface area contributed by atoms with E-state index in [2.05, 4.69) is 10.3 Å². The molecule has 2 amide bonds. The molecule has 0 bridgehead atoms. The van der Waals surface area contributed by atoms with Crippen LogP contribution in [0.3, 0.4) is 0 Å². The average molecular weight is 499 g/mol. The highest BCUT2D eigenvalue weighted by Gasteiger charge is 2.28. The van der Waals surface area contributed by atoms with Crippen LogP contribution >= 0.6 is 11.3 Å². The summed E-state index contributed by atoms with van der Waals surface area (Å²) < 4.78 is 20.2. The van der Waals surface area contributed by atoms with Gasteiger partial charge in [-0.1, -0.05) is 18.2 Å². The number of benzene rings is 1. The van der Waals surface area contributed by atoms with Gasteiger partial charge in [-0.05, 0) is 50.1 Å². The smallest absolute Gasteiger partial charge is 0.272 e. The molecule has 8 nitrogen and oxygen atoms in total. The van der Waals surface area contributed by atoms with E-state index >= 15 is 0 Å². The molecule has 0 spiro atoms. The first-order valence-electron chi connectivity index (χ1n) is 11.1. The van der Waals surface area contributed by atoms with Crippen LogP contribution in [0.25, 0.3) is 10.4 Å². The number of rotatable bonds is 7. The monoisotopic (exact) mass is 498 g/mol. The second-order valence-electron chi connectivity index (χ2n) is 8.90. The standard InChI is InChI=1S/C25H27FN4O4S/c1-25(2,33)14-7-8-16(18(26)11-14)20-12-17(22(27)31)23(35-20)29-21-6-4-5-19(28-21)24(32)30-10-9-15(13-30)34-3/h4-8,11-12,15,33H,9-10,13H2,1-3H3,(H2,27,31)(H,28,29)/t15-/m1/s1. The number of carbonyl (C=O) groups excluding carboxylic acids is 2. The van der Waals surface area contributed by atoms with E-state index in [1.807, 2.05) is 0 Å². The second kappa shape index (κ2) is 9.73. The highest BCUT2D eigenvalue weighted by molar-refractivity contribution is 7.20. The maximum Gasteiger partial charge on any atom is 0.272 e. The summed E-state index contributed by atoms with van der Waals surface area (Å²) in [4.78, 5) is 31.6. The van der Waals surface area contributed by atoms with Gasteiger partial charge in [-0.3, -0.25) is 9.59 Å². The molecule has 0 aliphatic carbocycles. The Morgan fingerprint density at radius 1 is 1.29 bits per heavy atom. The van der Waals surface area contributed by atoms with Gasteiger partial charge >= 0.3 is 0 Å². The fraction of sp³-hybridized carbons (Fsp3) is 0.320. The van der Waals surface area contributed by atoms with Crippen LogP contribution in [0.2, 0.25) is 0 Å². The molecule has 35 heavy (non-hydrogen) atoms. The van der Waals surface area contributed by atoms with Crippen LogP contribution in [0.15, 0.2) is 42.5 Å². The molecule has 1 aromatic carbocycles. The number of hydrogen-bond acceptors (Lipinski definition) is 7. The van der Waals surface area contributed by atoms with Gasteiger partial charge in [0, 0.05) is 30.6 Å². The molecule has 0 radical (unpaired) electrons. The quantitative estimate of drug-likeness (QED) is 0.455. The van der Waals surface area contributed by atoms with E-state index in [4.69, 9.17) is 10.5 Å². The number of nitrogens with one attached hydrogen (secondary N) is 1. The summed E-state index contributed by atoms with van der Waals surface area (Å²) in [6.07, 6.45) is 0.786. The number of nitrogens with zero attached hydrogens (tertiary/aromatic N) is 2. The second-order valence-corrected chi connectivity index (χ2v) is 9.95. The van der Waals surface area contributed by atoms with Crippen molar-refractivity contribution in [3.8, 4) is 10.4 Å². The fourth-order valence-electron chi connectivity index (χ4n) is 3.90. The molecular weight excluding hydrogens is 471 g/mol. The Morgan fingerprint density at radius 2 is 2.06 bits per heavy atom. The third kappa shape index (κ3) is 5.34. The number of likely N-dealkylation sites (tertiary alicyclic amines) is 1. The maximum atomic E-state index is 14.9. The van der Waals surface area contributed by atoms with E-state index in [-0.39, 0.29) is 28.8 Å². The number of nitrogens with two attached hydrogens (primary N) is 1. The van der Waals surface area contributed by atoms with Crippen molar-refractivity contribution in [2.45, 2.75) is 32.0 Å². The van der Waals surface area contributed by atoms with Crippen molar-refractivity contribution < 1.29 is 23.8 Å². The van der Waals surface area contributed by atoms with Gasteiger partial charge in [0.25, 0.3) is 11.8 Å². The number of anilines is 2. The minimum absolute atomic E-state index is 0.0147. The van der Waals surface area contributed by atoms with Crippen LogP contribution < -0.4 is 11.1 Å². The Hall–Kier alpha value is -3.34. The van der Waals surface area contributed by atoms with Crippen molar-refractivity contribution in [1.29, 1.82) is 0 Å². The molecule has 0 unspecified atom stereocenters. The van der Waals surface area contributed by atoms with Crippen LogP contribution in [0.5, 0.6) is 0 Å². The number of hydrogen-bond donors (Lipinski definition) is 3. The van der Waals surface area contributed by atoms with E-state index in [1.54, 1.807) is 56.2 Å². The van der Waals surface area contributed by atoms with E-state index in [1.165, 1.54) is 12.1 Å². The zero-order valence-electron chi connectivity index (χ0n) is 19.7. The minimum atomic E-state index is -1.19. The zero-order chi connectivity index (χ0) is 25.3. The van der Waals surface area contributed by atoms with Crippen molar-refractivity contribution in [2.24, 2.45) is 5.73 Å². The van der Waals surface area contributed by atoms with Crippen molar-refractivity contribution in [1.82, 2.24) is 9.88 Å². The first kappa shape index (κ1) is 24.8. The lowest BCUT2D eigenvalue weighted by atomic mass is 9.96. The molecule has 1 atom stereocenters. The fourth-order valence-corrected chi connectivity index (χ4v) is 5.00. The van der Waals surface area contributed by atoms with Crippen LogP contribution in [0.4, 0.5) is 15.2 Å². The Morgan fingerprint density at radius 3 is 2.69 bits per heavy atom. The predicted molar refractivity (Wildman–Crippen MR) is 132 cm³/mol. The Labute approximate surface area is 206 Å². The summed E-state index contributed by atoms with van der Waals surface area (Å²) in [7, 11) is 1.63. The van der Waals surface area contributed by atoms with Gasteiger partial charge in [-0.2, -0.15) is 0 Å². The molecule has 1 aliphatic rings. The largest absolute Gasteiger partial charge is 0.386 e. The minimum Gasteiger partial charge on any atom is -0.386 e. The number of primary amides is 1. The summed E-state index contributed by atoms with van der Waals surface area (Å²) in [5, 5.41) is 13.6. The van der Waals surface area contributed by atoms with Gasteiger partial charge < -0.3 is 25.8 Å². The predicted octanol–water partition coefficient (Wildman–Crippen LogP) is 3.88. The summed E-state index contributed by atoms with van der Waals surface area (Å²) in [5.41, 5.74) is 5.54. The van der Waals surface area contributed by atoms with Crippen LogP contribution in [0, 0.1) is 5.82 Å². The van der Waals surface area contributed by atoms with Gasteiger partial charge in [0.05, 0.1) is 17.3 Å². The summed E-state index contributed by atoms with van der Waals surface area (Å²) in [6, 6.07) is 11.0. The van der Waals surface area contributed by atoms with Gasteiger partial charge in [-0.25, -0.2) is 9.37 Å². The van der Waals surface area contributed by atoms with Crippen LogP contribution in [-0.4, -0.2) is 53.1 Å². The third-order valence-corrected chi connectivity index (χ3v) is 7.00. The Balaban J connectivity index is 1.60. The Kier molecular flexibility index (Phi) is 6.88. The summed E-state index contributed by atoms with van der Waals surface area (Å²) in [5.74, 6) is -1.06. The molecule has 0 saturated carbocycles. The number of halogens is 1. The lowest BCUT2D eigenvalue weighted by molar-refractivity contribution is 0.0718. The number of amides is 2. The molecule has 1 aliphatic heterocycles. The molecule has 1 fully saturated rings. The van der Waals surface area contributed by atoms with Gasteiger partial charge in [0.2, 0.25) is 0 Å². The Bertz CT molecular complexity index is 1270. The normalized spacial score (nSPS) is 15.9. The van der Waals surface area contributed by atoms with Crippen molar-refractivity contribution in [2.75, 3.05) is 25.5 Å².